The van der Waals surface area contributed by atoms with E-state index in [9.17, 15) is 0 Å². The van der Waals surface area contributed by atoms with Crippen LogP contribution in [-0.2, 0) is 0 Å². The van der Waals surface area contributed by atoms with Gasteiger partial charge in [0.15, 0.2) is 0 Å². The van der Waals surface area contributed by atoms with Gasteiger partial charge in [-0.15, -0.1) is 0 Å². The lowest BCUT2D eigenvalue weighted by Crippen LogP contribution is -2.30. The van der Waals surface area contributed by atoms with E-state index >= 15 is 0 Å². The number of nitrogens with one attached hydrogen (secondary N) is 1. The zero-order valence-corrected chi connectivity index (χ0v) is 11.0. The molecule has 1 N–H and O–H groups in total. The van der Waals surface area contributed by atoms with Crippen molar-refractivity contribution in [3.8, 4) is 6.07 Å². The monoisotopic (exact) mass is 248 g/mol. The molecule has 0 heterocycles. The molecule has 0 amide bonds. The van der Waals surface area contributed by atoms with Crippen molar-refractivity contribution in [1.82, 2.24) is 0 Å². The van der Waals surface area contributed by atoms with Gasteiger partial charge in [0.05, 0.1) is 22.3 Å². The first-order valence-electron chi connectivity index (χ1n) is 5.99. The Morgan fingerprint density at radius 3 is 2.76 bits per heavy atom. The highest BCUT2D eigenvalue weighted by molar-refractivity contribution is 6.33. The van der Waals surface area contributed by atoms with Crippen molar-refractivity contribution >= 4 is 17.3 Å². The average molecular weight is 249 g/mol. The van der Waals surface area contributed by atoms with E-state index in [2.05, 4.69) is 25.2 Å². The predicted molar refractivity (Wildman–Crippen MR) is 71.2 cm³/mol. The molecule has 1 atom stereocenters. The van der Waals surface area contributed by atoms with Crippen LogP contribution in [0.2, 0.25) is 5.02 Å². The number of nitrogens with zero attached hydrogens (tertiary/aromatic N) is 1. The molecule has 1 aromatic carbocycles. The fourth-order valence-electron chi connectivity index (χ4n) is 2.48. The molecule has 0 spiro atoms. The first-order chi connectivity index (χ1) is 8.03. The Kier molecular flexibility index (Phi) is 3.31. The molecule has 1 saturated carbocycles. The summed E-state index contributed by atoms with van der Waals surface area (Å²) in [7, 11) is 0. The van der Waals surface area contributed by atoms with Gasteiger partial charge in [0.1, 0.15) is 0 Å². The van der Waals surface area contributed by atoms with Crippen molar-refractivity contribution in [2.75, 3.05) is 5.32 Å². The molecular weight excluding hydrogens is 232 g/mol. The summed E-state index contributed by atoms with van der Waals surface area (Å²) in [6, 6.07) is 7.97. The lowest BCUT2D eigenvalue weighted by atomic mass is 9.87. The number of nitriles is 1. The summed E-state index contributed by atoms with van der Waals surface area (Å²) in [6.07, 6.45) is 3.69. The van der Waals surface area contributed by atoms with Crippen LogP contribution in [0.15, 0.2) is 18.2 Å². The lowest BCUT2D eigenvalue weighted by Gasteiger charge is -2.29. The summed E-state index contributed by atoms with van der Waals surface area (Å²) < 4.78 is 0. The van der Waals surface area contributed by atoms with Crippen LogP contribution in [0, 0.1) is 16.7 Å². The molecule has 17 heavy (non-hydrogen) atoms. The van der Waals surface area contributed by atoms with Crippen LogP contribution >= 0.6 is 11.6 Å². The molecule has 1 aliphatic carbocycles. The van der Waals surface area contributed by atoms with Gasteiger partial charge < -0.3 is 5.32 Å². The van der Waals surface area contributed by atoms with E-state index in [1.54, 1.807) is 12.1 Å². The van der Waals surface area contributed by atoms with E-state index in [0.717, 1.165) is 5.69 Å². The van der Waals surface area contributed by atoms with Crippen LogP contribution in [0.25, 0.3) is 0 Å². The van der Waals surface area contributed by atoms with Gasteiger partial charge in [-0.25, -0.2) is 0 Å². The van der Waals surface area contributed by atoms with E-state index in [1.165, 1.54) is 19.3 Å². The highest BCUT2D eigenvalue weighted by Crippen LogP contribution is 2.39. The van der Waals surface area contributed by atoms with Crippen molar-refractivity contribution in [1.29, 1.82) is 5.26 Å². The number of rotatable bonds is 2. The molecule has 2 rings (SSSR count). The van der Waals surface area contributed by atoms with Gasteiger partial charge >= 0.3 is 0 Å². The molecule has 1 fully saturated rings. The highest BCUT2D eigenvalue weighted by Gasteiger charge is 2.34. The Bertz CT molecular complexity index is 460. The van der Waals surface area contributed by atoms with Gasteiger partial charge in [-0.3, -0.25) is 0 Å². The number of hydrogen-bond donors (Lipinski definition) is 1. The first-order valence-corrected chi connectivity index (χ1v) is 6.37. The standard InChI is InChI=1S/C14H17ClN2/c1-14(2)7-3-4-13(14)17-12-6-5-10(9-16)8-11(12)15/h5-6,8,13,17H,3-4,7H2,1-2H3. The summed E-state index contributed by atoms with van der Waals surface area (Å²) in [6.45, 7) is 4.57. The molecule has 1 aromatic rings. The van der Waals surface area contributed by atoms with Crippen LogP contribution in [0.5, 0.6) is 0 Å². The second-order valence-corrected chi connectivity index (χ2v) is 5.79. The molecule has 1 unspecified atom stereocenters. The molecule has 0 aromatic heterocycles. The quantitative estimate of drug-likeness (QED) is 0.851. The maximum Gasteiger partial charge on any atom is 0.0992 e. The van der Waals surface area contributed by atoms with E-state index in [1.807, 2.05) is 6.07 Å². The number of hydrogen-bond acceptors (Lipinski definition) is 2. The number of halogens is 1. The summed E-state index contributed by atoms with van der Waals surface area (Å²) in [5.74, 6) is 0. The summed E-state index contributed by atoms with van der Waals surface area (Å²) in [5, 5.41) is 12.9. The minimum atomic E-state index is 0.317. The maximum absolute atomic E-state index is 8.79. The fraction of sp³-hybridized carbons (Fsp3) is 0.500. The molecule has 90 valence electrons. The Hall–Kier alpha value is -1.20. The Morgan fingerprint density at radius 2 is 2.24 bits per heavy atom. The van der Waals surface area contributed by atoms with Gasteiger partial charge in [-0.1, -0.05) is 31.9 Å². The van der Waals surface area contributed by atoms with E-state index < -0.39 is 0 Å². The maximum atomic E-state index is 8.79. The van der Waals surface area contributed by atoms with Crippen molar-refractivity contribution in [2.45, 2.75) is 39.2 Å². The Labute approximate surface area is 108 Å². The third kappa shape index (κ3) is 2.56. The third-order valence-corrected chi connectivity index (χ3v) is 4.00. The summed E-state index contributed by atoms with van der Waals surface area (Å²) >= 11 is 6.17. The van der Waals surface area contributed by atoms with Crippen LogP contribution in [-0.4, -0.2) is 6.04 Å². The molecule has 1 aliphatic rings. The first kappa shape index (κ1) is 12.3. The van der Waals surface area contributed by atoms with Gasteiger partial charge in [-0.05, 0) is 36.5 Å². The van der Waals surface area contributed by atoms with Crippen LogP contribution in [0.3, 0.4) is 0 Å². The molecule has 0 bridgehead atoms. The molecule has 0 radical (unpaired) electrons. The summed E-state index contributed by atoms with van der Waals surface area (Å²) in [4.78, 5) is 0. The van der Waals surface area contributed by atoms with Gasteiger partial charge in [-0.2, -0.15) is 5.26 Å². The number of anilines is 1. The second kappa shape index (κ2) is 4.58. The zero-order valence-electron chi connectivity index (χ0n) is 10.3. The minimum Gasteiger partial charge on any atom is -0.381 e. The van der Waals surface area contributed by atoms with E-state index in [0.29, 0.717) is 22.0 Å². The van der Waals surface area contributed by atoms with Crippen LogP contribution in [0.4, 0.5) is 5.69 Å². The minimum absolute atomic E-state index is 0.317. The average Bonchev–Trinajstić information content (AvgIpc) is 2.61. The molecular formula is C14H17ClN2. The smallest absolute Gasteiger partial charge is 0.0992 e. The number of benzene rings is 1. The molecule has 2 nitrogen and oxygen atoms in total. The molecule has 3 heteroatoms. The Morgan fingerprint density at radius 1 is 1.47 bits per heavy atom. The predicted octanol–water partition coefficient (Wildman–Crippen LogP) is 4.20. The lowest BCUT2D eigenvalue weighted by molar-refractivity contribution is 0.350. The van der Waals surface area contributed by atoms with Crippen molar-refractivity contribution < 1.29 is 0 Å². The van der Waals surface area contributed by atoms with E-state index in [-0.39, 0.29) is 0 Å². The van der Waals surface area contributed by atoms with Crippen molar-refractivity contribution in [2.24, 2.45) is 5.41 Å². The summed E-state index contributed by atoms with van der Waals surface area (Å²) in [5.41, 5.74) is 1.86. The third-order valence-electron chi connectivity index (χ3n) is 3.69. The SMILES string of the molecule is CC1(C)CCCC1Nc1ccc(C#N)cc1Cl. The van der Waals surface area contributed by atoms with Crippen LogP contribution in [0.1, 0.15) is 38.7 Å². The highest BCUT2D eigenvalue weighted by atomic mass is 35.5. The van der Waals surface area contributed by atoms with Crippen LogP contribution < -0.4 is 5.32 Å². The normalized spacial score (nSPS) is 22.1. The molecule has 0 aliphatic heterocycles. The zero-order chi connectivity index (χ0) is 12.5. The van der Waals surface area contributed by atoms with E-state index in [4.69, 9.17) is 16.9 Å². The topological polar surface area (TPSA) is 35.8 Å². The second-order valence-electron chi connectivity index (χ2n) is 5.38. The van der Waals surface area contributed by atoms with Crippen molar-refractivity contribution in [3.05, 3.63) is 28.8 Å². The fourth-order valence-corrected chi connectivity index (χ4v) is 2.72. The molecule has 0 saturated heterocycles. The largest absolute Gasteiger partial charge is 0.381 e. The van der Waals surface area contributed by atoms with Gasteiger partial charge in [0.2, 0.25) is 0 Å². The van der Waals surface area contributed by atoms with Gasteiger partial charge in [0.25, 0.3) is 0 Å². The van der Waals surface area contributed by atoms with Crippen molar-refractivity contribution in [3.63, 3.8) is 0 Å². The van der Waals surface area contributed by atoms with Gasteiger partial charge in [0, 0.05) is 6.04 Å². The Balaban J connectivity index is 2.17.